The van der Waals surface area contributed by atoms with E-state index in [0.717, 1.165) is 12.0 Å². The van der Waals surface area contributed by atoms with Gasteiger partial charge >= 0.3 is 5.97 Å². The van der Waals surface area contributed by atoms with Gasteiger partial charge in [-0.15, -0.1) is 12.4 Å². The maximum atomic E-state index is 11.2. The maximum absolute atomic E-state index is 11.2. The number of esters is 1. The smallest absolute Gasteiger partial charge is 0.338 e. The summed E-state index contributed by atoms with van der Waals surface area (Å²) in [6, 6.07) is 5.19. The second kappa shape index (κ2) is 5.50. The number of ether oxygens (including phenoxy) is 1. The van der Waals surface area contributed by atoms with Gasteiger partial charge in [0.15, 0.2) is 0 Å². The molecule has 0 aliphatic rings. The summed E-state index contributed by atoms with van der Waals surface area (Å²) in [4.78, 5) is 11.2. The quantitative estimate of drug-likeness (QED) is 0.607. The number of halogens is 1. The summed E-state index contributed by atoms with van der Waals surface area (Å²) in [6.45, 7) is 1.97. The van der Waals surface area contributed by atoms with Crippen molar-refractivity contribution in [2.75, 3.05) is 12.8 Å². The molecule has 0 aliphatic carbocycles. The lowest BCUT2D eigenvalue weighted by Crippen LogP contribution is -2.05. The number of benzene rings is 1. The van der Waals surface area contributed by atoms with Crippen molar-refractivity contribution in [3.8, 4) is 0 Å². The molecule has 1 rings (SSSR count). The van der Waals surface area contributed by atoms with E-state index >= 15 is 0 Å². The van der Waals surface area contributed by atoms with Crippen LogP contribution in [0.2, 0.25) is 0 Å². The molecule has 4 heteroatoms. The minimum atomic E-state index is -0.308. The molecule has 0 heterocycles. The molecule has 0 aliphatic heterocycles. The van der Waals surface area contributed by atoms with E-state index in [1.165, 1.54) is 7.11 Å². The third-order valence-corrected chi connectivity index (χ3v) is 1.92. The van der Waals surface area contributed by atoms with E-state index in [9.17, 15) is 4.79 Å². The van der Waals surface area contributed by atoms with Crippen LogP contribution in [0.25, 0.3) is 0 Å². The summed E-state index contributed by atoms with van der Waals surface area (Å²) in [7, 11) is 1.37. The Morgan fingerprint density at radius 3 is 2.64 bits per heavy atom. The molecule has 0 radical (unpaired) electrons. The second-order valence-corrected chi connectivity index (χ2v) is 2.76. The molecule has 78 valence electrons. The molecule has 0 amide bonds. The van der Waals surface area contributed by atoms with Gasteiger partial charge in [-0.3, -0.25) is 0 Å². The Kier molecular flexibility index (Phi) is 5.02. The number of carbonyl (C=O) groups is 1. The highest BCUT2D eigenvalue weighted by atomic mass is 35.5. The Morgan fingerprint density at radius 2 is 2.14 bits per heavy atom. The van der Waals surface area contributed by atoms with Crippen molar-refractivity contribution < 1.29 is 9.53 Å². The number of aryl methyl sites for hydroxylation is 1. The van der Waals surface area contributed by atoms with Crippen LogP contribution >= 0.6 is 12.4 Å². The van der Waals surface area contributed by atoms with E-state index in [2.05, 4.69) is 4.74 Å². The van der Waals surface area contributed by atoms with Gasteiger partial charge in [-0.05, 0) is 30.2 Å². The van der Waals surface area contributed by atoms with Crippen LogP contribution < -0.4 is 5.73 Å². The number of hydrogen-bond donors (Lipinski definition) is 1. The first kappa shape index (κ1) is 12.8. The zero-order valence-corrected chi connectivity index (χ0v) is 9.06. The molecule has 2 N–H and O–H groups in total. The number of carbonyl (C=O) groups excluding carboxylic acids is 1. The van der Waals surface area contributed by atoms with Crippen molar-refractivity contribution in [1.82, 2.24) is 0 Å². The van der Waals surface area contributed by atoms with Crippen LogP contribution in [-0.4, -0.2) is 13.1 Å². The number of hydrogen-bond acceptors (Lipinski definition) is 3. The molecule has 1 aromatic rings. The molecule has 0 atom stereocenters. The summed E-state index contributed by atoms with van der Waals surface area (Å²) in [6.07, 6.45) is 0.773. The largest absolute Gasteiger partial charge is 0.465 e. The van der Waals surface area contributed by atoms with Gasteiger partial charge in [0, 0.05) is 5.69 Å². The first-order valence-corrected chi connectivity index (χ1v) is 4.15. The number of methoxy groups -OCH3 is 1. The van der Waals surface area contributed by atoms with Gasteiger partial charge in [-0.2, -0.15) is 0 Å². The molecule has 0 bridgehead atoms. The Morgan fingerprint density at radius 1 is 1.50 bits per heavy atom. The molecule has 0 spiro atoms. The summed E-state index contributed by atoms with van der Waals surface area (Å²) >= 11 is 0. The average Bonchev–Trinajstić information content (AvgIpc) is 2.16. The maximum Gasteiger partial charge on any atom is 0.338 e. The van der Waals surface area contributed by atoms with Crippen molar-refractivity contribution in [1.29, 1.82) is 0 Å². The highest BCUT2D eigenvalue weighted by molar-refractivity contribution is 5.91. The van der Waals surface area contributed by atoms with Crippen LogP contribution in [-0.2, 0) is 11.2 Å². The van der Waals surface area contributed by atoms with Crippen molar-refractivity contribution in [3.63, 3.8) is 0 Å². The first-order chi connectivity index (χ1) is 6.19. The van der Waals surface area contributed by atoms with Crippen molar-refractivity contribution >= 4 is 24.1 Å². The minimum absolute atomic E-state index is 0. The lowest BCUT2D eigenvalue weighted by Gasteiger charge is -2.06. The molecular weight excluding hydrogens is 202 g/mol. The van der Waals surface area contributed by atoms with E-state index < -0.39 is 0 Å². The fourth-order valence-corrected chi connectivity index (χ4v) is 1.22. The van der Waals surface area contributed by atoms with Crippen molar-refractivity contribution in [2.45, 2.75) is 13.3 Å². The number of nitrogens with two attached hydrogens (primary N) is 1. The summed E-state index contributed by atoms with van der Waals surface area (Å²) in [5, 5.41) is 0. The molecule has 0 aromatic heterocycles. The standard InChI is InChI=1S/C10H13NO2.ClH/c1-3-7-6-8(11)4-5-9(7)10(12)13-2;/h4-6H,3,11H2,1-2H3;1H. The van der Waals surface area contributed by atoms with Crippen LogP contribution in [0.5, 0.6) is 0 Å². The fourth-order valence-electron chi connectivity index (χ4n) is 1.22. The zero-order valence-electron chi connectivity index (χ0n) is 8.24. The topological polar surface area (TPSA) is 52.3 Å². The minimum Gasteiger partial charge on any atom is -0.465 e. The van der Waals surface area contributed by atoms with Gasteiger partial charge in [-0.25, -0.2) is 4.79 Å². The van der Waals surface area contributed by atoms with Crippen LogP contribution in [0.1, 0.15) is 22.8 Å². The Balaban J connectivity index is 0.00000169. The normalized spacial score (nSPS) is 9.00. The third-order valence-electron chi connectivity index (χ3n) is 1.92. The highest BCUT2D eigenvalue weighted by Crippen LogP contribution is 2.14. The first-order valence-electron chi connectivity index (χ1n) is 4.15. The monoisotopic (exact) mass is 215 g/mol. The molecule has 0 saturated heterocycles. The third kappa shape index (κ3) is 2.64. The van der Waals surface area contributed by atoms with Crippen LogP contribution in [0, 0.1) is 0 Å². The summed E-state index contributed by atoms with van der Waals surface area (Å²) in [5.41, 5.74) is 7.78. The molecule has 3 nitrogen and oxygen atoms in total. The average molecular weight is 216 g/mol. The fraction of sp³-hybridized carbons (Fsp3) is 0.300. The lowest BCUT2D eigenvalue weighted by atomic mass is 10.0. The lowest BCUT2D eigenvalue weighted by molar-refractivity contribution is 0.0599. The van der Waals surface area contributed by atoms with Crippen LogP contribution in [0.15, 0.2) is 18.2 Å². The molecular formula is C10H14ClNO2. The van der Waals surface area contributed by atoms with E-state index in [4.69, 9.17) is 5.73 Å². The van der Waals surface area contributed by atoms with Crippen LogP contribution in [0.3, 0.4) is 0 Å². The highest BCUT2D eigenvalue weighted by Gasteiger charge is 2.09. The van der Waals surface area contributed by atoms with E-state index in [0.29, 0.717) is 11.3 Å². The van der Waals surface area contributed by atoms with Gasteiger partial charge in [0.25, 0.3) is 0 Å². The summed E-state index contributed by atoms with van der Waals surface area (Å²) in [5.74, 6) is -0.308. The predicted molar refractivity (Wildman–Crippen MR) is 58.8 cm³/mol. The van der Waals surface area contributed by atoms with E-state index in [1.807, 2.05) is 6.92 Å². The molecule has 1 aromatic carbocycles. The Bertz CT molecular complexity index is 326. The van der Waals surface area contributed by atoms with Gasteiger partial charge < -0.3 is 10.5 Å². The van der Waals surface area contributed by atoms with E-state index in [-0.39, 0.29) is 18.4 Å². The molecule has 14 heavy (non-hydrogen) atoms. The van der Waals surface area contributed by atoms with Gasteiger partial charge in [0.2, 0.25) is 0 Å². The number of anilines is 1. The van der Waals surface area contributed by atoms with Crippen molar-refractivity contribution in [2.24, 2.45) is 0 Å². The SMILES string of the molecule is CCc1cc(N)ccc1C(=O)OC.Cl. The Labute approximate surface area is 89.7 Å². The molecule has 0 unspecified atom stereocenters. The van der Waals surface area contributed by atoms with Crippen LogP contribution in [0.4, 0.5) is 5.69 Å². The zero-order chi connectivity index (χ0) is 9.84. The molecule has 0 saturated carbocycles. The van der Waals surface area contributed by atoms with Gasteiger partial charge in [0.05, 0.1) is 12.7 Å². The summed E-state index contributed by atoms with van der Waals surface area (Å²) < 4.78 is 4.64. The van der Waals surface area contributed by atoms with Gasteiger partial charge in [0.1, 0.15) is 0 Å². The number of nitrogen functional groups attached to an aromatic ring is 1. The molecule has 0 fully saturated rings. The van der Waals surface area contributed by atoms with E-state index in [1.54, 1.807) is 18.2 Å². The van der Waals surface area contributed by atoms with Gasteiger partial charge in [-0.1, -0.05) is 6.92 Å². The second-order valence-electron chi connectivity index (χ2n) is 2.76. The van der Waals surface area contributed by atoms with Crippen molar-refractivity contribution in [3.05, 3.63) is 29.3 Å². The predicted octanol–water partition coefficient (Wildman–Crippen LogP) is 2.04. The Hall–Kier alpha value is -1.22. The number of rotatable bonds is 2.